The zero-order valence-corrected chi connectivity index (χ0v) is 15.6. The summed E-state index contributed by atoms with van der Waals surface area (Å²) in [6.45, 7) is 0. The van der Waals surface area contributed by atoms with Crippen LogP contribution in [-0.4, -0.2) is 10.8 Å². The van der Waals surface area contributed by atoms with E-state index in [1.54, 1.807) is 10.3 Å². The molecule has 0 saturated heterocycles. The molecule has 25 heavy (non-hydrogen) atoms. The van der Waals surface area contributed by atoms with Crippen molar-refractivity contribution >= 4 is 55.0 Å². The average Bonchev–Trinajstić information content (AvgIpc) is 3.09. The summed E-state index contributed by atoms with van der Waals surface area (Å²) in [5, 5.41) is 11.3. The maximum Gasteiger partial charge on any atom is 0.294 e. The van der Waals surface area contributed by atoms with Gasteiger partial charge in [0, 0.05) is 16.0 Å². The number of benzene rings is 2. The number of halogens is 1. The number of nitro groups is 1. The van der Waals surface area contributed by atoms with E-state index in [9.17, 15) is 14.9 Å². The van der Waals surface area contributed by atoms with Gasteiger partial charge in [-0.05, 0) is 34.9 Å². The molecule has 0 fully saturated rings. The fourth-order valence-electron chi connectivity index (χ4n) is 1.99. The van der Waals surface area contributed by atoms with Gasteiger partial charge in [-0.15, -0.1) is 4.36 Å². The highest BCUT2D eigenvalue weighted by Crippen LogP contribution is 2.28. The Labute approximate surface area is 158 Å². The molecule has 0 saturated carbocycles. The number of carbonyl (C=O) groups excluding carboxylic acids is 1. The molecule has 0 aliphatic carbocycles. The summed E-state index contributed by atoms with van der Waals surface area (Å²) in [5.41, 5.74) is 0.668. The van der Waals surface area contributed by atoms with Crippen molar-refractivity contribution < 1.29 is 9.72 Å². The highest BCUT2D eigenvalue weighted by Gasteiger charge is 2.19. The molecular formula is C16H9ClN2O3S3. The van der Waals surface area contributed by atoms with Crippen molar-refractivity contribution in [2.45, 2.75) is 0 Å². The first kappa shape index (κ1) is 17.7. The predicted molar refractivity (Wildman–Crippen MR) is 103 cm³/mol. The van der Waals surface area contributed by atoms with Gasteiger partial charge in [0.05, 0.1) is 4.92 Å². The van der Waals surface area contributed by atoms with Crippen LogP contribution in [0.3, 0.4) is 0 Å². The Morgan fingerprint density at radius 2 is 1.88 bits per heavy atom. The Morgan fingerprint density at radius 1 is 1.12 bits per heavy atom. The van der Waals surface area contributed by atoms with Crippen molar-refractivity contribution in [2.24, 2.45) is 4.36 Å². The molecule has 1 heterocycles. The zero-order chi connectivity index (χ0) is 17.8. The van der Waals surface area contributed by atoms with Crippen molar-refractivity contribution in [2.75, 3.05) is 0 Å². The number of carbonyl (C=O) groups is 1. The number of amides is 1. The van der Waals surface area contributed by atoms with E-state index in [2.05, 4.69) is 4.36 Å². The summed E-state index contributed by atoms with van der Waals surface area (Å²) < 4.78 is 4.73. The predicted octanol–water partition coefficient (Wildman–Crippen LogP) is 5.68. The molecule has 1 aromatic heterocycles. The zero-order valence-electron chi connectivity index (χ0n) is 12.4. The second-order valence-corrected chi connectivity index (χ2v) is 8.48. The molecule has 3 aromatic rings. The second kappa shape index (κ2) is 7.83. The minimum absolute atomic E-state index is 0.0783. The van der Waals surface area contributed by atoms with Gasteiger partial charge in [-0.1, -0.05) is 62.6 Å². The van der Waals surface area contributed by atoms with Gasteiger partial charge in [0.2, 0.25) is 0 Å². The Kier molecular flexibility index (Phi) is 5.54. The standard InChI is InChI=1S/C16H9ClN2O3S3/c17-11-6-7-12(13(8-11)19(21)22)16(20)18-23-15-9-14(24-25-15)10-4-2-1-3-5-10/h1-9H. The summed E-state index contributed by atoms with van der Waals surface area (Å²) in [6, 6.07) is 15.7. The normalized spacial score (nSPS) is 10.3. The number of hydrogen-bond donors (Lipinski definition) is 0. The number of nitro benzene ring substituents is 1. The molecule has 0 radical (unpaired) electrons. The van der Waals surface area contributed by atoms with Gasteiger partial charge >= 0.3 is 0 Å². The first-order valence-electron chi connectivity index (χ1n) is 6.89. The van der Waals surface area contributed by atoms with E-state index in [1.165, 1.54) is 22.5 Å². The summed E-state index contributed by atoms with van der Waals surface area (Å²) in [4.78, 5) is 23.7. The minimum atomic E-state index is -0.659. The third kappa shape index (κ3) is 4.29. The number of nitrogens with zero attached hydrogens (tertiary/aromatic N) is 2. The van der Waals surface area contributed by atoms with Crippen LogP contribution in [0.1, 0.15) is 10.4 Å². The molecule has 0 atom stereocenters. The Hall–Kier alpha value is -2.13. The molecule has 0 N–H and O–H groups in total. The van der Waals surface area contributed by atoms with Crippen LogP contribution in [0.4, 0.5) is 5.69 Å². The van der Waals surface area contributed by atoms with E-state index < -0.39 is 10.8 Å². The van der Waals surface area contributed by atoms with E-state index in [0.29, 0.717) is 0 Å². The van der Waals surface area contributed by atoms with Crippen LogP contribution < -0.4 is 0 Å². The fourth-order valence-corrected chi connectivity index (χ4v) is 5.39. The molecule has 3 rings (SSSR count). The minimum Gasteiger partial charge on any atom is -0.266 e. The lowest BCUT2D eigenvalue weighted by Crippen LogP contribution is -2.00. The van der Waals surface area contributed by atoms with Gasteiger partial charge in [0.25, 0.3) is 11.6 Å². The Balaban J connectivity index is 1.95. The highest BCUT2D eigenvalue weighted by atomic mass is 35.5. The van der Waals surface area contributed by atoms with Gasteiger partial charge in [0.1, 0.15) is 9.39 Å². The van der Waals surface area contributed by atoms with Crippen LogP contribution in [0.25, 0.3) is 10.4 Å². The maximum absolute atomic E-state index is 12.2. The van der Waals surface area contributed by atoms with Crippen molar-refractivity contribution in [3.63, 3.8) is 0 Å². The fraction of sp³-hybridized carbons (Fsp3) is 0. The van der Waals surface area contributed by atoms with E-state index >= 15 is 0 Å². The summed E-state index contributed by atoms with van der Waals surface area (Å²) >= 11 is 6.76. The quantitative estimate of drug-likeness (QED) is 0.242. The molecule has 5 nitrogen and oxygen atoms in total. The largest absolute Gasteiger partial charge is 0.294 e. The van der Waals surface area contributed by atoms with Crippen molar-refractivity contribution in [3.8, 4) is 10.4 Å². The summed E-state index contributed by atoms with van der Waals surface area (Å²) in [6.07, 6.45) is 0. The highest BCUT2D eigenvalue weighted by molar-refractivity contribution is 7.75. The third-order valence-corrected chi connectivity index (χ3v) is 6.93. The number of rotatable bonds is 3. The van der Waals surface area contributed by atoms with Crippen LogP contribution >= 0.6 is 32.3 Å². The third-order valence-electron chi connectivity index (χ3n) is 3.13. The smallest absolute Gasteiger partial charge is 0.266 e. The van der Waals surface area contributed by atoms with Crippen LogP contribution in [0.15, 0.2) is 59.0 Å². The molecule has 2 aromatic carbocycles. The maximum atomic E-state index is 12.2. The van der Waals surface area contributed by atoms with E-state index in [0.717, 1.165) is 31.5 Å². The van der Waals surface area contributed by atoms with Crippen LogP contribution in [0, 0.1) is 13.9 Å². The summed E-state index contributed by atoms with van der Waals surface area (Å²) in [7, 11) is 3.08. The van der Waals surface area contributed by atoms with Gasteiger partial charge in [-0.3, -0.25) is 14.9 Å². The lowest BCUT2D eigenvalue weighted by atomic mass is 10.2. The van der Waals surface area contributed by atoms with Crippen LogP contribution in [0.2, 0.25) is 5.02 Å². The molecule has 9 heteroatoms. The van der Waals surface area contributed by atoms with Gasteiger partial charge in [-0.25, -0.2) is 0 Å². The van der Waals surface area contributed by atoms with Crippen molar-refractivity contribution in [1.82, 2.24) is 0 Å². The molecule has 0 aliphatic rings. The van der Waals surface area contributed by atoms with Gasteiger partial charge in [-0.2, -0.15) is 0 Å². The second-order valence-electron chi connectivity index (χ2n) is 4.77. The van der Waals surface area contributed by atoms with Crippen LogP contribution in [-0.2, 0) is 11.1 Å². The van der Waals surface area contributed by atoms with Gasteiger partial charge < -0.3 is 0 Å². The lowest BCUT2D eigenvalue weighted by molar-refractivity contribution is -0.385. The molecule has 0 unspecified atom stereocenters. The van der Waals surface area contributed by atoms with E-state index in [-0.39, 0.29) is 16.3 Å². The number of hydrogen-bond acceptors (Lipinski definition) is 5. The average molecular weight is 409 g/mol. The molecule has 0 spiro atoms. The van der Waals surface area contributed by atoms with Gasteiger partial charge in [0.15, 0.2) is 0 Å². The Morgan fingerprint density at radius 3 is 2.60 bits per heavy atom. The Bertz CT molecular complexity index is 1050. The molecule has 126 valence electrons. The summed E-state index contributed by atoms with van der Waals surface area (Å²) in [5.74, 6) is -0.659. The lowest BCUT2D eigenvalue weighted by Gasteiger charge is -1.97. The SMILES string of the molecule is O=C(N=S=c1cc(-c2ccccc2)ss1)c1ccc(Cl)cc1[N+](=O)[O-]. The first-order chi connectivity index (χ1) is 12.0. The molecule has 1 amide bonds. The molecule has 0 bridgehead atoms. The van der Waals surface area contributed by atoms with Crippen LogP contribution in [0.5, 0.6) is 0 Å². The topological polar surface area (TPSA) is 72.6 Å². The van der Waals surface area contributed by atoms with Crippen molar-refractivity contribution in [3.05, 3.63) is 79.1 Å². The van der Waals surface area contributed by atoms with E-state index in [4.69, 9.17) is 11.6 Å². The molecular weight excluding hydrogens is 400 g/mol. The van der Waals surface area contributed by atoms with E-state index in [1.807, 2.05) is 36.4 Å². The molecule has 0 aliphatic heterocycles. The van der Waals surface area contributed by atoms with Crippen molar-refractivity contribution in [1.29, 1.82) is 0 Å². The first-order valence-corrected chi connectivity index (χ1v) is 10.2. The monoisotopic (exact) mass is 408 g/mol.